The Morgan fingerprint density at radius 2 is 1.53 bits per heavy atom. The molecule has 3 aromatic rings. The normalized spacial score (nSPS) is 12.2. The molecular weight excluding hydrogens is 396 g/mol. The zero-order valence-electron chi connectivity index (χ0n) is 17.4. The lowest BCUT2D eigenvalue weighted by molar-refractivity contribution is 0.0940. The van der Waals surface area contributed by atoms with Crippen LogP contribution in [0.2, 0.25) is 0 Å². The van der Waals surface area contributed by atoms with Gasteiger partial charge in [0.2, 0.25) is 0 Å². The van der Waals surface area contributed by atoms with Crippen molar-refractivity contribution in [2.75, 3.05) is 10.8 Å². The van der Waals surface area contributed by atoms with E-state index in [1.54, 1.807) is 61.5 Å². The Bertz CT molecular complexity index is 1110. The predicted molar refractivity (Wildman–Crippen MR) is 120 cm³/mol. The molecule has 0 saturated carbocycles. The molecule has 156 valence electrons. The fourth-order valence-electron chi connectivity index (χ4n) is 3.42. The molecule has 0 radical (unpaired) electrons. The van der Waals surface area contributed by atoms with Crippen LogP contribution in [0.15, 0.2) is 83.8 Å². The third-order valence-corrected chi connectivity index (χ3v) is 6.96. The molecule has 0 aliphatic heterocycles. The van der Waals surface area contributed by atoms with Crippen LogP contribution in [0.3, 0.4) is 0 Å². The van der Waals surface area contributed by atoms with Crippen molar-refractivity contribution in [3.63, 3.8) is 0 Å². The molecule has 6 heteroatoms. The Morgan fingerprint density at radius 1 is 0.933 bits per heavy atom. The monoisotopic (exact) mass is 422 g/mol. The third-order valence-electron chi connectivity index (χ3n) is 5.04. The van der Waals surface area contributed by atoms with E-state index in [-0.39, 0.29) is 23.4 Å². The number of carbonyl (C=O) groups is 1. The third kappa shape index (κ3) is 4.54. The van der Waals surface area contributed by atoms with Crippen molar-refractivity contribution in [3.05, 3.63) is 95.6 Å². The van der Waals surface area contributed by atoms with Gasteiger partial charge in [-0.15, -0.1) is 0 Å². The summed E-state index contributed by atoms with van der Waals surface area (Å²) in [6.45, 7) is 6.03. The Kier molecular flexibility index (Phi) is 6.57. The molecule has 3 rings (SSSR count). The van der Waals surface area contributed by atoms with E-state index in [0.717, 1.165) is 11.1 Å². The van der Waals surface area contributed by atoms with Crippen LogP contribution in [0.5, 0.6) is 0 Å². The fourth-order valence-corrected chi connectivity index (χ4v) is 4.92. The first kappa shape index (κ1) is 21.6. The summed E-state index contributed by atoms with van der Waals surface area (Å²) in [6.07, 6.45) is 0. The van der Waals surface area contributed by atoms with Crippen molar-refractivity contribution in [2.24, 2.45) is 0 Å². The van der Waals surface area contributed by atoms with Crippen molar-refractivity contribution < 1.29 is 13.2 Å². The van der Waals surface area contributed by atoms with Crippen molar-refractivity contribution in [2.45, 2.75) is 31.7 Å². The van der Waals surface area contributed by atoms with Crippen LogP contribution in [0.4, 0.5) is 5.69 Å². The van der Waals surface area contributed by atoms with Gasteiger partial charge in [0, 0.05) is 12.1 Å². The minimum Gasteiger partial charge on any atom is -0.346 e. The maximum atomic E-state index is 13.0. The van der Waals surface area contributed by atoms with Gasteiger partial charge in [0.25, 0.3) is 15.9 Å². The molecule has 0 heterocycles. The maximum absolute atomic E-state index is 13.0. The number of hydrogen-bond acceptors (Lipinski definition) is 3. The van der Waals surface area contributed by atoms with E-state index >= 15 is 0 Å². The van der Waals surface area contributed by atoms with E-state index in [9.17, 15) is 13.2 Å². The molecule has 3 aromatic carbocycles. The molecular formula is C24H26N2O3S. The molecule has 0 aliphatic carbocycles. The van der Waals surface area contributed by atoms with Crippen LogP contribution in [0, 0.1) is 6.92 Å². The molecule has 30 heavy (non-hydrogen) atoms. The van der Waals surface area contributed by atoms with E-state index in [0.29, 0.717) is 11.3 Å². The lowest BCUT2D eigenvalue weighted by Gasteiger charge is -2.23. The summed E-state index contributed by atoms with van der Waals surface area (Å²) in [5, 5.41) is 3.00. The molecule has 0 fully saturated rings. The Hall–Kier alpha value is -3.12. The molecule has 0 bridgehead atoms. The molecule has 0 unspecified atom stereocenters. The average Bonchev–Trinajstić information content (AvgIpc) is 2.75. The van der Waals surface area contributed by atoms with Crippen molar-refractivity contribution in [3.8, 4) is 0 Å². The smallest absolute Gasteiger partial charge is 0.264 e. The molecule has 0 aliphatic rings. The molecule has 5 nitrogen and oxygen atoms in total. The van der Waals surface area contributed by atoms with Gasteiger partial charge in [-0.25, -0.2) is 8.42 Å². The van der Waals surface area contributed by atoms with Crippen LogP contribution < -0.4 is 9.62 Å². The van der Waals surface area contributed by atoms with Crippen LogP contribution in [0.1, 0.15) is 41.4 Å². The van der Waals surface area contributed by atoms with Crippen molar-refractivity contribution in [1.29, 1.82) is 0 Å². The number of hydrogen-bond donors (Lipinski definition) is 1. The quantitative estimate of drug-likeness (QED) is 0.600. The van der Waals surface area contributed by atoms with Gasteiger partial charge in [-0.2, -0.15) is 0 Å². The first-order chi connectivity index (χ1) is 14.3. The van der Waals surface area contributed by atoms with Gasteiger partial charge >= 0.3 is 0 Å². The van der Waals surface area contributed by atoms with E-state index in [4.69, 9.17) is 0 Å². The second-order valence-corrected chi connectivity index (χ2v) is 8.94. The van der Waals surface area contributed by atoms with Gasteiger partial charge in [0.15, 0.2) is 0 Å². The lowest BCUT2D eigenvalue weighted by Crippen LogP contribution is -2.31. The fraction of sp³-hybridized carbons (Fsp3) is 0.208. The van der Waals surface area contributed by atoms with Gasteiger partial charge in [0.05, 0.1) is 16.6 Å². The number of amides is 1. The first-order valence-corrected chi connectivity index (χ1v) is 11.3. The zero-order valence-corrected chi connectivity index (χ0v) is 18.2. The number of aryl methyl sites for hydroxylation is 1. The standard InChI is InChI=1S/C24H26N2O3S/c1-4-26(30(28,29)22-11-6-5-7-12-22)21-16-14-20(15-17-21)24(27)25-19(3)23-13-9-8-10-18(23)2/h5-17,19H,4H2,1-3H3,(H,25,27)/t19-/m1/s1. The summed E-state index contributed by atoms with van der Waals surface area (Å²) in [5.74, 6) is -0.203. The second-order valence-electron chi connectivity index (χ2n) is 7.08. The van der Waals surface area contributed by atoms with Gasteiger partial charge < -0.3 is 5.32 Å². The second kappa shape index (κ2) is 9.13. The molecule has 0 spiro atoms. The molecule has 1 N–H and O–H groups in total. The summed E-state index contributed by atoms with van der Waals surface area (Å²) in [5.41, 5.74) is 3.18. The topological polar surface area (TPSA) is 66.5 Å². The van der Waals surface area contributed by atoms with E-state index < -0.39 is 10.0 Å². The summed E-state index contributed by atoms with van der Waals surface area (Å²) < 4.78 is 27.3. The molecule has 1 atom stereocenters. The van der Waals surface area contributed by atoms with Gasteiger partial charge in [-0.3, -0.25) is 9.10 Å². The number of rotatable bonds is 7. The van der Waals surface area contributed by atoms with Crippen LogP contribution >= 0.6 is 0 Å². The van der Waals surface area contributed by atoms with Crippen LogP contribution in [0.25, 0.3) is 0 Å². The SMILES string of the molecule is CCN(c1ccc(C(=O)N[C@H](C)c2ccccc2C)cc1)S(=O)(=O)c1ccccc1. The van der Waals surface area contributed by atoms with Crippen molar-refractivity contribution >= 4 is 21.6 Å². The van der Waals surface area contributed by atoms with Crippen LogP contribution in [-0.4, -0.2) is 20.9 Å². The molecule has 0 saturated heterocycles. The largest absolute Gasteiger partial charge is 0.346 e. The van der Waals surface area contributed by atoms with Gasteiger partial charge in [-0.1, -0.05) is 42.5 Å². The number of nitrogens with zero attached hydrogens (tertiary/aromatic N) is 1. The minimum atomic E-state index is -3.66. The highest BCUT2D eigenvalue weighted by Crippen LogP contribution is 2.24. The summed E-state index contributed by atoms with van der Waals surface area (Å²) >= 11 is 0. The lowest BCUT2D eigenvalue weighted by atomic mass is 10.0. The highest BCUT2D eigenvalue weighted by Gasteiger charge is 2.23. The number of carbonyl (C=O) groups excluding carboxylic acids is 1. The highest BCUT2D eigenvalue weighted by molar-refractivity contribution is 7.92. The number of anilines is 1. The molecule has 1 amide bonds. The highest BCUT2D eigenvalue weighted by atomic mass is 32.2. The number of nitrogens with one attached hydrogen (secondary N) is 1. The number of benzene rings is 3. The predicted octanol–water partition coefficient (Wildman–Crippen LogP) is 4.70. The summed E-state index contributed by atoms with van der Waals surface area (Å²) in [4.78, 5) is 12.9. The van der Waals surface area contributed by atoms with E-state index in [1.165, 1.54) is 4.31 Å². The average molecular weight is 423 g/mol. The Morgan fingerprint density at radius 3 is 2.13 bits per heavy atom. The minimum absolute atomic E-state index is 0.135. The van der Waals surface area contributed by atoms with Crippen LogP contribution in [-0.2, 0) is 10.0 Å². The Balaban J connectivity index is 1.78. The van der Waals surface area contributed by atoms with Gasteiger partial charge in [-0.05, 0) is 68.3 Å². The molecule has 0 aromatic heterocycles. The number of sulfonamides is 1. The Labute approximate surface area is 178 Å². The summed E-state index contributed by atoms with van der Waals surface area (Å²) in [6, 6.07) is 22.8. The first-order valence-electron chi connectivity index (χ1n) is 9.89. The van der Waals surface area contributed by atoms with E-state index in [2.05, 4.69) is 5.32 Å². The summed E-state index contributed by atoms with van der Waals surface area (Å²) in [7, 11) is -3.66. The van der Waals surface area contributed by atoms with Gasteiger partial charge in [0.1, 0.15) is 0 Å². The maximum Gasteiger partial charge on any atom is 0.264 e. The van der Waals surface area contributed by atoms with Crippen molar-refractivity contribution in [1.82, 2.24) is 5.32 Å². The zero-order chi connectivity index (χ0) is 21.7. The van der Waals surface area contributed by atoms with E-state index in [1.807, 2.05) is 38.1 Å².